The number of hydrogen-bond donors (Lipinski definition) is 2. The van der Waals surface area contributed by atoms with Gasteiger partial charge in [0.25, 0.3) is 0 Å². The Hall–Kier alpha value is -0.600. The highest BCUT2D eigenvalue weighted by Gasteiger charge is 2.24. The molecule has 3 fully saturated rings. The number of carbonyl (C=O) groups is 2. The number of hydrogen-bond acceptors (Lipinski definition) is 5. The van der Waals surface area contributed by atoms with Gasteiger partial charge in [-0.3, -0.25) is 14.5 Å². The minimum absolute atomic E-state index is 0. The van der Waals surface area contributed by atoms with Gasteiger partial charge < -0.3 is 20.4 Å². The zero-order chi connectivity index (χ0) is 19.1. The van der Waals surface area contributed by atoms with E-state index in [1.807, 2.05) is 4.90 Å². The van der Waals surface area contributed by atoms with E-state index in [4.69, 9.17) is 0 Å². The maximum atomic E-state index is 12.3. The third-order valence-corrected chi connectivity index (χ3v) is 6.25. The van der Waals surface area contributed by atoms with Crippen LogP contribution >= 0.6 is 24.8 Å². The lowest BCUT2D eigenvalue weighted by Crippen LogP contribution is -2.51. The van der Waals surface area contributed by atoms with Crippen molar-refractivity contribution in [3.05, 3.63) is 0 Å². The minimum Gasteiger partial charge on any atom is -0.352 e. The van der Waals surface area contributed by atoms with Gasteiger partial charge in [0.15, 0.2) is 0 Å². The van der Waals surface area contributed by atoms with Crippen LogP contribution in [0.4, 0.5) is 0 Å². The number of piperazine rings is 2. The summed E-state index contributed by atoms with van der Waals surface area (Å²) in [5, 5.41) is 6.52. The van der Waals surface area contributed by atoms with E-state index in [0.29, 0.717) is 19.0 Å². The molecule has 2 aliphatic heterocycles. The molecule has 2 N–H and O–H groups in total. The molecule has 0 aromatic rings. The third-order valence-electron chi connectivity index (χ3n) is 6.25. The second-order valence-corrected chi connectivity index (χ2v) is 8.53. The van der Waals surface area contributed by atoms with Crippen LogP contribution in [0.5, 0.6) is 0 Å². The van der Waals surface area contributed by atoms with Gasteiger partial charge in [-0.2, -0.15) is 0 Å². The average Bonchev–Trinajstić information content (AvgIpc) is 2.68. The third kappa shape index (κ3) is 8.97. The van der Waals surface area contributed by atoms with Gasteiger partial charge in [-0.1, -0.05) is 19.8 Å². The molecule has 2 unspecified atom stereocenters. The van der Waals surface area contributed by atoms with Crippen molar-refractivity contribution >= 4 is 36.6 Å². The fourth-order valence-electron chi connectivity index (χ4n) is 4.54. The molecule has 0 spiro atoms. The van der Waals surface area contributed by atoms with Crippen molar-refractivity contribution in [3.63, 3.8) is 0 Å². The van der Waals surface area contributed by atoms with Gasteiger partial charge in [0.05, 0.1) is 6.54 Å². The Kier molecular flexibility index (Phi) is 12.4. The van der Waals surface area contributed by atoms with Crippen molar-refractivity contribution in [2.75, 3.05) is 65.4 Å². The molecule has 9 heteroatoms. The molecule has 2 atom stereocenters. The normalized spacial score (nSPS) is 26.2. The van der Waals surface area contributed by atoms with Crippen LogP contribution in [0.1, 0.15) is 39.0 Å². The summed E-state index contributed by atoms with van der Waals surface area (Å²) < 4.78 is 0. The summed E-state index contributed by atoms with van der Waals surface area (Å²) >= 11 is 0. The largest absolute Gasteiger partial charge is 0.352 e. The van der Waals surface area contributed by atoms with Crippen LogP contribution in [0.2, 0.25) is 0 Å². The quantitative estimate of drug-likeness (QED) is 0.629. The van der Waals surface area contributed by atoms with Gasteiger partial charge in [-0.15, -0.1) is 24.8 Å². The van der Waals surface area contributed by atoms with Gasteiger partial charge in [0.1, 0.15) is 0 Å². The summed E-state index contributed by atoms with van der Waals surface area (Å²) in [6.45, 7) is 10.8. The number of nitrogens with one attached hydrogen (secondary N) is 2. The van der Waals surface area contributed by atoms with Gasteiger partial charge in [0, 0.05) is 71.4 Å². The molecule has 2 amide bonds. The maximum absolute atomic E-state index is 12.3. The highest BCUT2D eigenvalue weighted by molar-refractivity contribution is 5.85. The second-order valence-electron chi connectivity index (χ2n) is 8.53. The fraction of sp³-hybridized carbons (Fsp3) is 0.900. The smallest absolute Gasteiger partial charge is 0.234 e. The van der Waals surface area contributed by atoms with E-state index < -0.39 is 0 Å². The van der Waals surface area contributed by atoms with Gasteiger partial charge >= 0.3 is 0 Å². The van der Waals surface area contributed by atoms with Crippen molar-refractivity contribution in [2.24, 2.45) is 5.92 Å². The van der Waals surface area contributed by atoms with E-state index >= 15 is 0 Å². The summed E-state index contributed by atoms with van der Waals surface area (Å²) in [6.07, 6.45) is 5.40. The summed E-state index contributed by atoms with van der Waals surface area (Å²) in [5.41, 5.74) is 0. The molecule has 1 aliphatic carbocycles. The van der Waals surface area contributed by atoms with Crippen molar-refractivity contribution < 1.29 is 9.59 Å². The van der Waals surface area contributed by atoms with Crippen LogP contribution in [0.15, 0.2) is 0 Å². The minimum atomic E-state index is 0. The van der Waals surface area contributed by atoms with Crippen LogP contribution in [0.3, 0.4) is 0 Å². The SMILES string of the molecule is CC1CCCC(NC(=O)CN2CCN(CCC(=O)N3CCNCC3)CC2)C1.Cl.Cl. The Morgan fingerprint density at radius 2 is 1.62 bits per heavy atom. The van der Waals surface area contributed by atoms with E-state index in [9.17, 15) is 9.59 Å². The second kappa shape index (κ2) is 13.7. The number of halogens is 2. The molecule has 2 heterocycles. The Balaban J connectivity index is 0.00000210. The molecule has 0 bridgehead atoms. The highest BCUT2D eigenvalue weighted by atomic mass is 35.5. The molecule has 7 nitrogen and oxygen atoms in total. The predicted molar refractivity (Wildman–Crippen MR) is 121 cm³/mol. The van der Waals surface area contributed by atoms with E-state index in [1.54, 1.807) is 0 Å². The fourth-order valence-corrected chi connectivity index (χ4v) is 4.54. The van der Waals surface area contributed by atoms with Crippen LogP contribution < -0.4 is 10.6 Å². The number of carbonyl (C=O) groups excluding carboxylic acids is 2. The van der Waals surface area contributed by atoms with Crippen molar-refractivity contribution in [3.8, 4) is 0 Å². The van der Waals surface area contributed by atoms with Crippen molar-refractivity contribution in [1.29, 1.82) is 0 Å². The summed E-state index contributed by atoms with van der Waals surface area (Å²) in [7, 11) is 0. The monoisotopic (exact) mass is 451 g/mol. The molecule has 3 aliphatic rings. The van der Waals surface area contributed by atoms with Gasteiger partial charge in [0.2, 0.25) is 11.8 Å². The first-order valence-electron chi connectivity index (χ1n) is 10.8. The maximum Gasteiger partial charge on any atom is 0.234 e. The Morgan fingerprint density at radius 3 is 2.28 bits per heavy atom. The standard InChI is InChI=1S/C20H37N5O2.2ClH/c1-17-3-2-4-18(15-17)22-19(26)16-24-13-11-23(12-14-24)8-5-20(27)25-9-6-21-7-10-25;;/h17-18,21H,2-16H2,1H3,(H,22,26);2*1H. The Labute approximate surface area is 188 Å². The van der Waals surface area contributed by atoms with Crippen LogP contribution in [0, 0.1) is 5.92 Å². The lowest BCUT2D eigenvalue weighted by molar-refractivity contribution is -0.132. The molecule has 29 heavy (non-hydrogen) atoms. The summed E-state index contributed by atoms with van der Waals surface area (Å²) in [5.74, 6) is 1.19. The zero-order valence-electron chi connectivity index (χ0n) is 17.7. The molecule has 0 aromatic carbocycles. The van der Waals surface area contributed by atoms with Gasteiger partial charge in [-0.05, 0) is 18.8 Å². The molecule has 2 saturated heterocycles. The lowest BCUT2D eigenvalue weighted by Gasteiger charge is -2.35. The predicted octanol–water partition coefficient (Wildman–Crippen LogP) is 0.964. The Morgan fingerprint density at radius 1 is 0.966 bits per heavy atom. The molecule has 170 valence electrons. The summed E-state index contributed by atoms with van der Waals surface area (Å²) in [4.78, 5) is 31.2. The van der Waals surface area contributed by atoms with E-state index in [2.05, 4.69) is 27.4 Å². The highest BCUT2D eigenvalue weighted by Crippen LogP contribution is 2.23. The molecule has 3 rings (SSSR count). The van der Waals surface area contributed by atoms with Crippen LogP contribution in [-0.4, -0.2) is 98.0 Å². The van der Waals surface area contributed by atoms with Crippen molar-refractivity contribution in [2.45, 2.75) is 45.1 Å². The first kappa shape index (κ1) is 26.4. The number of nitrogens with zero attached hydrogens (tertiary/aromatic N) is 3. The van der Waals surface area contributed by atoms with E-state index in [-0.39, 0.29) is 36.6 Å². The topological polar surface area (TPSA) is 67.9 Å². The first-order chi connectivity index (χ1) is 13.1. The van der Waals surface area contributed by atoms with Crippen molar-refractivity contribution in [1.82, 2.24) is 25.3 Å². The average molecular weight is 452 g/mol. The molecular weight excluding hydrogens is 413 g/mol. The lowest BCUT2D eigenvalue weighted by atomic mass is 9.87. The number of rotatable bonds is 6. The summed E-state index contributed by atoms with van der Waals surface area (Å²) in [6, 6.07) is 0.374. The zero-order valence-corrected chi connectivity index (χ0v) is 19.4. The molecule has 0 aromatic heterocycles. The molecule has 0 radical (unpaired) electrons. The van der Waals surface area contributed by atoms with Crippen LogP contribution in [-0.2, 0) is 9.59 Å². The Bertz CT molecular complexity index is 497. The first-order valence-corrected chi connectivity index (χ1v) is 10.8. The molecular formula is C20H39Cl2N5O2. The van der Waals surface area contributed by atoms with Gasteiger partial charge in [-0.25, -0.2) is 0 Å². The number of amides is 2. The van der Waals surface area contributed by atoms with E-state index in [1.165, 1.54) is 12.8 Å². The molecule has 1 saturated carbocycles. The van der Waals surface area contributed by atoms with E-state index in [0.717, 1.165) is 77.7 Å². The van der Waals surface area contributed by atoms with Crippen LogP contribution in [0.25, 0.3) is 0 Å².